The van der Waals surface area contributed by atoms with Gasteiger partial charge in [0, 0.05) is 17.7 Å². The van der Waals surface area contributed by atoms with Crippen LogP contribution in [0.4, 0.5) is 10.2 Å². The molecule has 0 amide bonds. The minimum absolute atomic E-state index is 0.0223. The number of nitrogen functional groups attached to an aromatic ring is 1. The molecule has 0 unspecified atom stereocenters. The quantitative estimate of drug-likeness (QED) is 0.734. The molecule has 0 fully saturated rings. The summed E-state index contributed by atoms with van der Waals surface area (Å²) in [5, 5.41) is 19.9. The number of thioether (sulfide) groups is 1. The molecule has 6 nitrogen and oxygen atoms in total. The van der Waals surface area contributed by atoms with Gasteiger partial charge in [-0.15, -0.1) is 11.8 Å². The number of nitriles is 2. The maximum atomic E-state index is 14.0. The molecule has 0 saturated heterocycles. The fourth-order valence-corrected chi connectivity index (χ4v) is 4.17. The molecule has 148 valence electrons. The molecule has 2 aromatic rings. The van der Waals surface area contributed by atoms with Gasteiger partial charge in [-0.3, -0.25) is 0 Å². The van der Waals surface area contributed by atoms with Crippen molar-refractivity contribution in [1.82, 2.24) is 4.98 Å². The molecular formula is C22H15FN4O2S. The average Bonchev–Trinajstić information content (AvgIpc) is 3.11. The van der Waals surface area contributed by atoms with Crippen molar-refractivity contribution in [3.05, 3.63) is 82.1 Å². The minimum Gasteiger partial charge on any atom is -0.458 e. The molecule has 1 aliphatic heterocycles. The number of nitrogens with two attached hydrogens (primary N) is 1. The third-order valence-corrected chi connectivity index (χ3v) is 5.69. The van der Waals surface area contributed by atoms with Gasteiger partial charge in [0.15, 0.2) is 5.76 Å². The monoisotopic (exact) mass is 418 g/mol. The van der Waals surface area contributed by atoms with Crippen molar-refractivity contribution in [3.63, 3.8) is 0 Å². The summed E-state index contributed by atoms with van der Waals surface area (Å²) in [4.78, 5) is 4.26. The number of nitrogens with zero attached hydrogens (tertiary/aromatic N) is 3. The predicted octanol–water partition coefficient (Wildman–Crippen LogP) is 4.40. The minimum atomic E-state index is -0.333. The summed E-state index contributed by atoms with van der Waals surface area (Å²) >= 11 is 1.20. The first-order valence-corrected chi connectivity index (χ1v) is 9.98. The molecule has 0 saturated carbocycles. The first-order valence-electron chi connectivity index (χ1n) is 8.99. The highest BCUT2D eigenvalue weighted by Crippen LogP contribution is 2.37. The van der Waals surface area contributed by atoms with E-state index >= 15 is 0 Å². The summed E-state index contributed by atoms with van der Waals surface area (Å²) in [6, 6.07) is 10.6. The van der Waals surface area contributed by atoms with Crippen molar-refractivity contribution in [1.29, 1.82) is 10.5 Å². The Balaban J connectivity index is 1.76. The second-order valence-corrected chi connectivity index (χ2v) is 7.39. The Bertz CT molecular complexity index is 1200. The number of ether oxygens (including phenoxy) is 2. The number of halogens is 1. The Kier molecular flexibility index (Phi) is 5.42. The number of anilines is 1. The van der Waals surface area contributed by atoms with E-state index in [4.69, 9.17) is 15.2 Å². The van der Waals surface area contributed by atoms with Crippen LogP contribution in [-0.2, 0) is 15.2 Å². The van der Waals surface area contributed by atoms with Gasteiger partial charge in [-0.25, -0.2) is 9.37 Å². The average molecular weight is 418 g/mol. The van der Waals surface area contributed by atoms with Crippen LogP contribution < -0.4 is 5.73 Å². The van der Waals surface area contributed by atoms with Crippen molar-refractivity contribution in [2.45, 2.75) is 17.2 Å². The van der Waals surface area contributed by atoms with E-state index in [0.717, 1.165) is 0 Å². The van der Waals surface area contributed by atoms with Gasteiger partial charge in [0.2, 0.25) is 6.79 Å². The highest BCUT2D eigenvalue weighted by atomic mass is 32.2. The molecule has 0 radical (unpaired) electrons. The lowest BCUT2D eigenvalue weighted by molar-refractivity contribution is 0.0732. The molecule has 2 aliphatic rings. The molecule has 0 bridgehead atoms. The van der Waals surface area contributed by atoms with Gasteiger partial charge in [-0.05, 0) is 23.3 Å². The molecule has 1 aliphatic carbocycles. The molecule has 0 spiro atoms. The Hall–Kier alpha value is -3.75. The second-order valence-electron chi connectivity index (χ2n) is 6.42. The number of aromatic nitrogens is 1. The SMILES string of the molecule is N#Cc1c(N)nc(SCc2ccccc2F)c(C#N)c1C1=CCC2=C(C=C1)OCO2. The van der Waals surface area contributed by atoms with Gasteiger partial charge in [0.1, 0.15) is 40.1 Å². The fraction of sp³-hybridized carbons (Fsp3) is 0.136. The van der Waals surface area contributed by atoms with Crippen LogP contribution in [0.2, 0.25) is 0 Å². The van der Waals surface area contributed by atoms with E-state index in [1.165, 1.54) is 17.8 Å². The Labute approximate surface area is 176 Å². The lowest BCUT2D eigenvalue weighted by Gasteiger charge is -2.14. The third kappa shape index (κ3) is 3.61. The highest BCUT2D eigenvalue weighted by Gasteiger charge is 2.24. The van der Waals surface area contributed by atoms with Crippen molar-refractivity contribution in [3.8, 4) is 12.1 Å². The highest BCUT2D eigenvalue weighted by molar-refractivity contribution is 7.98. The summed E-state index contributed by atoms with van der Waals surface area (Å²) in [6.45, 7) is 0.171. The summed E-state index contributed by atoms with van der Waals surface area (Å²) < 4.78 is 24.8. The van der Waals surface area contributed by atoms with Gasteiger partial charge in [-0.1, -0.05) is 30.4 Å². The maximum Gasteiger partial charge on any atom is 0.230 e. The van der Waals surface area contributed by atoms with Crippen LogP contribution in [0, 0.1) is 28.5 Å². The first kappa shape index (κ1) is 19.6. The summed E-state index contributed by atoms with van der Waals surface area (Å²) in [6.07, 6.45) is 5.81. The van der Waals surface area contributed by atoms with Gasteiger partial charge in [0.25, 0.3) is 0 Å². The summed E-state index contributed by atoms with van der Waals surface area (Å²) in [5.41, 5.74) is 7.94. The first-order chi connectivity index (χ1) is 14.6. The number of allylic oxidation sites excluding steroid dienone is 4. The van der Waals surface area contributed by atoms with Gasteiger partial charge < -0.3 is 15.2 Å². The maximum absolute atomic E-state index is 14.0. The van der Waals surface area contributed by atoms with Crippen molar-refractivity contribution >= 4 is 23.2 Å². The van der Waals surface area contributed by atoms with E-state index in [0.29, 0.717) is 39.7 Å². The van der Waals surface area contributed by atoms with E-state index in [-0.39, 0.29) is 35.3 Å². The molecule has 0 atom stereocenters. The van der Waals surface area contributed by atoms with Crippen LogP contribution in [0.3, 0.4) is 0 Å². The normalized spacial score (nSPS) is 14.7. The summed E-state index contributed by atoms with van der Waals surface area (Å²) in [7, 11) is 0. The molecule has 4 rings (SSSR count). The van der Waals surface area contributed by atoms with E-state index < -0.39 is 0 Å². The standard InChI is InChI=1S/C22H15FN4O2S/c23-17-4-2-1-3-14(17)11-30-22-16(10-25)20(15(9-24)21(26)27-22)13-5-7-18-19(8-6-13)29-12-28-18/h1-7H,8,11-12H2,(H2,26,27). The Morgan fingerprint density at radius 3 is 2.70 bits per heavy atom. The zero-order chi connectivity index (χ0) is 21.1. The Morgan fingerprint density at radius 2 is 1.93 bits per heavy atom. The van der Waals surface area contributed by atoms with Crippen LogP contribution in [0.5, 0.6) is 0 Å². The molecule has 8 heteroatoms. The zero-order valence-electron chi connectivity index (χ0n) is 15.7. The van der Waals surface area contributed by atoms with Crippen LogP contribution in [0.1, 0.15) is 28.7 Å². The molecular weight excluding hydrogens is 403 g/mol. The van der Waals surface area contributed by atoms with Crippen LogP contribution in [0.25, 0.3) is 5.57 Å². The molecule has 2 heterocycles. The van der Waals surface area contributed by atoms with Crippen molar-refractivity contribution in [2.75, 3.05) is 12.5 Å². The van der Waals surface area contributed by atoms with Crippen LogP contribution in [-0.4, -0.2) is 11.8 Å². The zero-order valence-corrected chi connectivity index (χ0v) is 16.5. The van der Waals surface area contributed by atoms with Crippen LogP contribution >= 0.6 is 11.8 Å². The Morgan fingerprint density at radius 1 is 1.13 bits per heavy atom. The van der Waals surface area contributed by atoms with Crippen molar-refractivity contribution in [2.24, 2.45) is 0 Å². The van der Waals surface area contributed by atoms with Gasteiger partial charge >= 0.3 is 0 Å². The van der Waals surface area contributed by atoms with Gasteiger partial charge in [0.05, 0.1) is 5.56 Å². The predicted molar refractivity (Wildman–Crippen MR) is 110 cm³/mol. The lowest BCUT2D eigenvalue weighted by atomic mass is 9.96. The van der Waals surface area contributed by atoms with E-state index in [2.05, 4.69) is 17.1 Å². The topological polar surface area (TPSA) is 105 Å². The van der Waals surface area contributed by atoms with E-state index in [1.807, 2.05) is 6.08 Å². The third-order valence-electron chi connectivity index (χ3n) is 4.67. The van der Waals surface area contributed by atoms with Crippen molar-refractivity contribution < 1.29 is 13.9 Å². The van der Waals surface area contributed by atoms with Crippen LogP contribution in [0.15, 0.2) is 59.0 Å². The van der Waals surface area contributed by atoms with E-state index in [9.17, 15) is 14.9 Å². The molecule has 30 heavy (non-hydrogen) atoms. The number of pyridine rings is 1. The number of hydrogen-bond donors (Lipinski definition) is 1. The smallest absolute Gasteiger partial charge is 0.230 e. The molecule has 1 aromatic carbocycles. The van der Waals surface area contributed by atoms with E-state index in [1.54, 1.807) is 30.4 Å². The fourth-order valence-electron chi connectivity index (χ4n) is 3.19. The van der Waals surface area contributed by atoms with Gasteiger partial charge in [-0.2, -0.15) is 10.5 Å². The number of rotatable bonds is 4. The second kappa shape index (κ2) is 8.32. The number of hydrogen-bond acceptors (Lipinski definition) is 7. The lowest BCUT2D eigenvalue weighted by Crippen LogP contribution is -2.05. The number of benzene rings is 1. The molecule has 1 aromatic heterocycles. The largest absolute Gasteiger partial charge is 0.458 e. The summed E-state index contributed by atoms with van der Waals surface area (Å²) in [5.74, 6) is 1.27. The molecule has 2 N–H and O–H groups in total.